The molecule has 0 radical (unpaired) electrons. The van der Waals surface area contributed by atoms with E-state index in [1.165, 1.54) is 13.0 Å². The summed E-state index contributed by atoms with van der Waals surface area (Å²) in [6.45, 7) is 2.89. The fraction of sp³-hybridized carbons (Fsp3) is 0.312. The van der Waals surface area contributed by atoms with E-state index in [1.54, 1.807) is 25.1 Å². The molecule has 3 amide bonds. The molecule has 0 bridgehead atoms. The van der Waals surface area contributed by atoms with Crippen LogP contribution in [-0.4, -0.2) is 47.1 Å². The highest BCUT2D eigenvalue weighted by molar-refractivity contribution is 6.47. The second-order valence-corrected chi connectivity index (χ2v) is 5.92. The van der Waals surface area contributed by atoms with Gasteiger partial charge in [-0.15, -0.1) is 0 Å². The zero-order chi connectivity index (χ0) is 18.3. The zero-order valence-corrected chi connectivity index (χ0v) is 14.2. The van der Waals surface area contributed by atoms with Crippen LogP contribution in [0.4, 0.5) is 5.69 Å². The van der Waals surface area contributed by atoms with Crippen molar-refractivity contribution in [2.45, 2.75) is 19.9 Å². The molecule has 0 N–H and O–H groups in total. The summed E-state index contributed by atoms with van der Waals surface area (Å²) >= 11 is 5.93. The minimum Gasteiger partial charge on any atom is -0.461 e. The van der Waals surface area contributed by atoms with Crippen molar-refractivity contribution in [1.82, 2.24) is 5.01 Å². The van der Waals surface area contributed by atoms with Crippen molar-refractivity contribution in [3.8, 4) is 0 Å². The molecule has 0 saturated carbocycles. The van der Waals surface area contributed by atoms with Gasteiger partial charge in [0.1, 0.15) is 5.92 Å². The van der Waals surface area contributed by atoms with Gasteiger partial charge in [0, 0.05) is 11.9 Å². The molecule has 1 aromatic carbocycles. The summed E-state index contributed by atoms with van der Waals surface area (Å²) in [5, 5.41) is 5.08. The molecule has 8 nitrogen and oxygen atoms in total. The highest BCUT2D eigenvalue weighted by Crippen LogP contribution is 2.36. The molecule has 2 unspecified atom stereocenters. The van der Waals surface area contributed by atoms with E-state index in [0.29, 0.717) is 5.02 Å². The molecule has 0 aromatic heterocycles. The average molecular weight is 364 g/mol. The highest BCUT2D eigenvalue weighted by atomic mass is 35.5. The zero-order valence-electron chi connectivity index (χ0n) is 13.4. The normalized spacial score (nSPS) is 22.1. The van der Waals surface area contributed by atoms with Crippen LogP contribution in [0.25, 0.3) is 0 Å². The topological polar surface area (TPSA) is 96.3 Å². The lowest BCUT2D eigenvalue weighted by Crippen LogP contribution is -2.41. The van der Waals surface area contributed by atoms with Gasteiger partial charge in [-0.3, -0.25) is 14.4 Å². The van der Waals surface area contributed by atoms with Crippen LogP contribution in [0.5, 0.6) is 0 Å². The Morgan fingerprint density at radius 3 is 2.60 bits per heavy atom. The lowest BCUT2D eigenvalue weighted by molar-refractivity contribution is -0.136. The third-order valence-corrected chi connectivity index (χ3v) is 4.16. The van der Waals surface area contributed by atoms with E-state index in [1.807, 2.05) is 0 Å². The molecule has 0 spiro atoms. The third kappa shape index (κ3) is 2.68. The molecule has 2 aliphatic rings. The Balaban J connectivity index is 2.04. The minimum absolute atomic E-state index is 0.0788. The van der Waals surface area contributed by atoms with Crippen molar-refractivity contribution in [2.75, 3.05) is 11.5 Å². The Kier molecular flexibility index (Phi) is 4.30. The summed E-state index contributed by atoms with van der Waals surface area (Å²) in [5.74, 6) is -3.85. The van der Waals surface area contributed by atoms with Crippen molar-refractivity contribution >= 4 is 46.7 Å². The molecule has 1 aromatic rings. The maximum Gasteiger partial charge on any atom is 0.355 e. The van der Waals surface area contributed by atoms with E-state index in [-0.39, 0.29) is 18.0 Å². The molecule has 3 rings (SSSR count). The predicted octanol–water partition coefficient (Wildman–Crippen LogP) is 0.979. The van der Waals surface area contributed by atoms with E-state index in [9.17, 15) is 19.2 Å². The summed E-state index contributed by atoms with van der Waals surface area (Å²) in [7, 11) is 0. The maximum atomic E-state index is 12.8. The van der Waals surface area contributed by atoms with Gasteiger partial charge in [-0.25, -0.2) is 14.7 Å². The number of hydrazone groups is 1. The van der Waals surface area contributed by atoms with Gasteiger partial charge < -0.3 is 4.74 Å². The Morgan fingerprint density at radius 1 is 1.28 bits per heavy atom. The number of rotatable bonds is 3. The van der Waals surface area contributed by atoms with E-state index in [0.717, 1.165) is 9.91 Å². The number of hydrogen-bond acceptors (Lipinski definition) is 6. The molecule has 2 heterocycles. The summed E-state index contributed by atoms with van der Waals surface area (Å²) < 4.78 is 4.89. The Bertz CT molecular complexity index is 822. The van der Waals surface area contributed by atoms with E-state index < -0.39 is 35.7 Å². The van der Waals surface area contributed by atoms with Gasteiger partial charge in [-0.1, -0.05) is 17.7 Å². The number of fused-ring (bicyclic) bond motifs is 1. The number of halogens is 1. The molecule has 1 saturated heterocycles. The van der Waals surface area contributed by atoms with Crippen LogP contribution in [0.1, 0.15) is 13.8 Å². The van der Waals surface area contributed by atoms with Crippen LogP contribution in [0, 0.1) is 5.92 Å². The number of esters is 1. The molecule has 25 heavy (non-hydrogen) atoms. The van der Waals surface area contributed by atoms with E-state index in [2.05, 4.69) is 5.10 Å². The van der Waals surface area contributed by atoms with Crippen molar-refractivity contribution in [1.29, 1.82) is 0 Å². The first-order valence-electron chi connectivity index (χ1n) is 7.55. The van der Waals surface area contributed by atoms with Gasteiger partial charge >= 0.3 is 5.97 Å². The highest BCUT2D eigenvalue weighted by Gasteiger charge is 2.59. The monoisotopic (exact) mass is 363 g/mol. The fourth-order valence-electron chi connectivity index (χ4n) is 2.92. The molecule has 2 aliphatic heterocycles. The van der Waals surface area contributed by atoms with Gasteiger partial charge in [0.15, 0.2) is 11.8 Å². The van der Waals surface area contributed by atoms with Gasteiger partial charge in [0.05, 0.1) is 12.3 Å². The lowest BCUT2D eigenvalue weighted by atomic mass is 9.98. The van der Waals surface area contributed by atoms with Crippen LogP contribution in [0.15, 0.2) is 29.4 Å². The minimum atomic E-state index is -1.19. The molecule has 0 aliphatic carbocycles. The first kappa shape index (κ1) is 17.1. The summed E-state index contributed by atoms with van der Waals surface area (Å²) in [5.41, 5.74) is 0.0218. The molecule has 130 valence electrons. The second-order valence-electron chi connectivity index (χ2n) is 5.48. The third-order valence-electron chi connectivity index (χ3n) is 3.92. The van der Waals surface area contributed by atoms with Crippen molar-refractivity contribution in [3.63, 3.8) is 0 Å². The lowest BCUT2D eigenvalue weighted by Gasteiger charge is -2.19. The molecule has 9 heteroatoms. The number of anilines is 1. The maximum absolute atomic E-state index is 12.8. The van der Waals surface area contributed by atoms with Crippen LogP contribution >= 0.6 is 11.6 Å². The summed E-state index contributed by atoms with van der Waals surface area (Å²) in [4.78, 5) is 50.5. The van der Waals surface area contributed by atoms with Crippen LogP contribution in [0.2, 0.25) is 5.02 Å². The quantitative estimate of drug-likeness (QED) is 0.589. The van der Waals surface area contributed by atoms with Gasteiger partial charge in [-0.05, 0) is 25.1 Å². The Morgan fingerprint density at radius 2 is 2.00 bits per heavy atom. The average Bonchev–Trinajstić information content (AvgIpc) is 3.06. The van der Waals surface area contributed by atoms with Crippen LogP contribution in [-0.2, 0) is 23.9 Å². The molecule has 1 fully saturated rings. The van der Waals surface area contributed by atoms with Gasteiger partial charge in [0.2, 0.25) is 11.8 Å². The Hall–Kier alpha value is -2.74. The number of nitrogens with zero attached hydrogens (tertiary/aromatic N) is 3. The van der Waals surface area contributed by atoms with Crippen LogP contribution in [0.3, 0.4) is 0 Å². The number of benzene rings is 1. The van der Waals surface area contributed by atoms with E-state index in [4.69, 9.17) is 16.3 Å². The molecule has 2 atom stereocenters. The molecular formula is C16H14ClN3O5. The van der Waals surface area contributed by atoms with Crippen molar-refractivity contribution < 1.29 is 23.9 Å². The number of ether oxygens (including phenoxy) is 1. The first-order valence-corrected chi connectivity index (χ1v) is 7.93. The second kappa shape index (κ2) is 6.29. The number of hydrogen-bond donors (Lipinski definition) is 0. The van der Waals surface area contributed by atoms with Crippen molar-refractivity contribution in [3.05, 3.63) is 29.3 Å². The van der Waals surface area contributed by atoms with Crippen LogP contribution < -0.4 is 4.90 Å². The largest absolute Gasteiger partial charge is 0.461 e. The fourth-order valence-corrected chi connectivity index (χ4v) is 3.10. The predicted molar refractivity (Wildman–Crippen MR) is 87.8 cm³/mol. The Labute approximate surface area is 148 Å². The summed E-state index contributed by atoms with van der Waals surface area (Å²) in [6.07, 6.45) is 0. The van der Waals surface area contributed by atoms with Gasteiger partial charge in [0.25, 0.3) is 5.91 Å². The number of amides is 3. The number of imide groups is 1. The SMILES string of the molecule is CCOC(=O)C1=NN(C(C)=O)C2C(=O)N(c3cccc(Cl)c3)C(=O)C12. The van der Waals surface area contributed by atoms with Crippen molar-refractivity contribution in [2.24, 2.45) is 11.0 Å². The van der Waals surface area contributed by atoms with E-state index >= 15 is 0 Å². The number of carbonyl (C=O) groups is 4. The smallest absolute Gasteiger partial charge is 0.355 e. The van der Waals surface area contributed by atoms with Gasteiger partial charge in [-0.2, -0.15) is 5.10 Å². The first-order chi connectivity index (χ1) is 11.9. The number of carbonyl (C=O) groups excluding carboxylic acids is 4. The standard InChI is InChI=1S/C16H14ClN3O5/c1-3-25-16(24)12-11-13(20(18-12)8(2)21)15(23)19(14(11)22)10-6-4-5-9(17)7-10/h4-7,11,13H,3H2,1-2H3. The summed E-state index contributed by atoms with van der Waals surface area (Å²) in [6, 6.07) is 5.00. The molecular weight excluding hydrogens is 350 g/mol.